The third-order valence-corrected chi connectivity index (χ3v) is 5.71. The van der Waals surface area contributed by atoms with Crippen molar-refractivity contribution in [1.29, 1.82) is 0 Å². The summed E-state index contributed by atoms with van der Waals surface area (Å²) in [7, 11) is 1.55. The van der Waals surface area contributed by atoms with E-state index in [2.05, 4.69) is 33.0 Å². The van der Waals surface area contributed by atoms with Crippen LogP contribution in [0.25, 0.3) is 0 Å². The predicted octanol–water partition coefficient (Wildman–Crippen LogP) is 1.77. The molecular weight excluding hydrogens is 380 g/mol. The van der Waals surface area contributed by atoms with Gasteiger partial charge in [0.25, 0.3) is 0 Å². The van der Waals surface area contributed by atoms with Crippen LogP contribution in [0.1, 0.15) is 16.8 Å². The number of piperazine rings is 1. The quantitative estimate of drug-likeness (QED) is 0.724. The first-order valence-corrected chi connectivity index (χ1v) is 10.6. The maximum absolute atomic E-state index is 12.3. The Morgan fingerprint density at radius 3 is 2.60 bits per heavy atom. The zero-order valence-electron chi connectivity index (χ0n) is 17.6. The molecule has 2 aromatic rings. The van der Waals surface area contributed by atoms with Crippen LogP contribution in [0.5, 0.6) is 5.75 Å². The molecule has 30 heavy (non-hydrogen) atoms. The highest BCUT2D eigenvalue weighted by molar-refractivity contribution is 5.77. The summed E-state index contributed by atoms with van der Waals surface area (Å²) in [5.74, 6) is 0.884. The first-order chi connectivity index (χ1) is 14.7. The third-order valence-electron chi connectivity index (χ3n) is 5.71. The van der Waals surface area contributed by atoms with Crippen LogP contribution in [0, 0.1) is 0 Å². The van der Waals surface area contributed by atoms with Gasteiger partial charge >= 0.3 is 0 Å². The highest BCUT2D eigenvalue weighted by atomic mass is 16.5. The van der Waals surface area contributed by atoms with E-state index in [1.807, 2.05) is 29.3 Å². The standard InChI is InChI=1S/C23H30N4O3/c1-29-18-23(28)27-12-13-30-22-6-5-19(14-20(22)16-27)15-25-8-10-26(11-9-25)17-21-4-2-3-7-24-21/h2-7,14H,8-13,15-18H2,1H3. The summed E-state index contributed by atoms with van der Waals surface area (Å²) in [4.78, 5) is 23.5. The zero-order chi connectivity index (χ0) is 20.8. The number of amides is 1. The number of hydrogen-bond donors (Lipinski definition) is 0. The number of ether oxygens (including phenoxy) is 2. The average molecular weight is 411 g/mol. The van der Waals surface area contributed by atoms with Crippen LogP contribution in [-0.4, -0.2) is 78.6 Å². The topological polar surface area (TPSA) is 58.1 Å². The van der Waals surface area contributed by atoms with Gasteiger partial charge in [0, 0.05) is 64.7 Å². The first kappa shape index (κ1) is 20.8. The number of hydrogen-bond acceptors (Lipinski definition) is 6. The van der Waals surface area contributed by atoms with E-state index >= 15 is 0 Å². The van der Waals surface area contributed by atoms with E-state index in [1.54, 1.807) is 7.11 Å². The average Bonchev–Trinajstić information content (AvgIpc) is 2.98. The lowest BCUT2D eigenvalue weighted by atomic mass is 10.1. The second kappa shape index (κ2) is 10.0. The Labute approximate surface area is 178 Å². The van der Waals surface area contributed by atoms with Crippen molar-refractivity contribution in [3.8, 4) is 5.75 Å². The van der Waals surface area contributed by atoms with E-state index in [-0.39, 0.29) is 12.5 Å². The molecule has 3 heterocycles. The maximum atomic E-state index is 12.3. The molecule has 2 aliphatic heterocycles. The minimum absolute atomic E-state index is 0.00313. The molecule has 7 heteroatoms. The molecule has 0 aliphatic carbocycles. The van der Waals surface area contributed by atoms with Crippen LogP contribution in [0.4, 0.5) is 0 Å². The number of aromatic nitrogens is 1. The van der Waals surface area contributed by atoms with E-state index in [0.29, 0.717) is 19.7 Å². The Kier molecular flexibility index (Phi) is 6.94. The fraction of sp³-hybridized carbons (Fsp3) is 0.478. The molecule has 1 aromatic heterocycles. The van der Waals surface area contributed by atoms with Crippen molar-refractivity contribution >= 4 is 5.91 Å². The number of benzene rings is 1. The number of carbonyl (C=O) groups is 1. The molecule has 1 saturated heterocycles. The lowest BCUT2D eigenvalue weighted by molar-refractivity contribution is -0.135. The van der Waals surface area contributed by atoms with Gasteiger partial charge in [0.2, 0.25) is 5.91 Å². The monoisotopic (exact) mass is 410 g/mol. The Bertz CT molecular complexity index is 838. The molecule has 0 atom stereocenters. The van der Waals surface area contributed by atoms with Gasteiger partial charge in [-0.2, -0.15) is 0 Å². The largest absolute Gasteiger partial charge is 0.491 e. The summed E-state index contributed by atoms with van der Waals surface area (Å²) in [6.45, 7) is 7.78. The molecule has 0 spiro atoms. The Hall–Kier alpha value is -2.48. The second-order valence-corrected chi connectivity index (χ2v) is 7.91. The van der Waals surface area contributed by atoms with E-state index < -0.39 is 0 Å². The van der Waals surface area contributed by atoms with Crippen LogP contribution in [0.2, 0.25) is 0 Å². The SMILES string of the molecule is COCC(=O)N1CCOc2ccc(CN3CCN(Cc4ccccn4)CC3)cc2C1. The zero-order valence-corrected chi connectivity index (χ0v) is 17.6. The molecule has 0 unspecified atom stereocenters. The molecular formula is C23H30N4O3. The van der Waals surface area contributed by atoms with E-state index in [1.165, 1.54) is 5.56 Å². The number of nitrogens with zero attached hydrogens (tertiary/aromatic N) is 4. The van der Waals surface area contributed by atoms with Crippen molar-refractivity contribution in [2.75, 3.05) is 53.0 Å². The van der Waals surface area contributed by atoms with Crippen molar-refractivity contribution in [2.24, 2.45) is 0 Å². The van der Waals surface area contributed by atoms with Gasteiger partial charge in [0.15, 0.2) is 0 Å². The number of methoxy groups -OCH3 is 1. The number of fused-ring (bicyclic) bond motifs is 1. The molecule has 0 saturated carbocycles. The van der Waals surface area contributed by atoms with Crippen LogP contribution in [0.3, 0.4) is 0 Å². The summed E-state index contributed by atoms with van der Waals surface area (Å²) < 4.78 is 10.9. The van der Waals surface area contributed by atoms with Gasteiger partial charge in [-0.3, -0.25) is 19.6 Å². The Morgan fingerprint density at radius 1 is 1.07 bits per heavy atom. The Balaban J connectivity index is 1.33. The second-order valence-electron chi connectivity index (χ2n) is 7.91. The lowest BCUT2D eigenvalue weighted by Crippen LogP contribution is -2.45. The summed E-state index contributed by atoms with van der Waals surface area (Å²) in [6, 6.07) is 12.5. The number of rotatable bonds is 6. The van der Waals surface area contributed by atoms with Crippen molar-refractivity contribution < 1.29 is 14.3 Å². The van der Waals surface area contributed by atoms with Gasteiger partial charge < -0.3 is 14.4 Å². The number of pyridine rings is 1. The molecule has 0 radical (unpaired) electrons. The fourth-order valence-electron chi connectivity index (χ4n) is 4.06. The molecule has 4 rings (SSSR count). The fourth-order valence-corrected chi connectivity index (χ4v) is 4.06. The third kappa shape index (κ3) is 5.36. The molecule has 1 fully saturated rings. The minimum atomic E-state index is 0.00313. The Morgan fingerprint density at radius 2 is 1.87 bits per heavy atom. The summed E-state index contributed by atoms with van der Waals surface area (Å²) in [5, 5.41) is 0. The molecule has 7 nitrogen and oxygen atoms in total. The molecule has 2 aliphatic rings. The predicted molar refractivity (Wildman–Crippen MR) is 114 cm³/mol. The minimum Gasteiger partial charge on any atom is -0.491 e. The molecule has 1 amide bonds. The van der Waals surface area contributed by atoms with Crippen LogP contribution < -0.4 is 4.74 Å². The van der Waals surface area contributed by atoms with Gasteiger partial charge in [-0.1, -0.05) is 12.1 Å². The maximum Gasteiger partial charge on any atom is 0.248 e. The van der Waals surface area contributed by atoms with E-state index in [9.17, 15) is 4.79 Å². The van der Waals surface area contributed by atoms with Gasteiger partial charge in [0.1, 0.15) is 19.0 Å². The van der Waals surface area contributed by atoms with Crippen molar-refractivity contribution in [3.05, 3.63) is 59.4 Å². The van der Waals surface area contributed by atoms with Gasteiger partial charge in [0.05, 0.1) is 12.2 Å². The summed E-state index contributed by atoms with van der Waals surface area (Å²) >= 11 is 0. The van der Waals surface area contributed by atoms with Gasteiger partial charge in [-0.15, -0.1) is 0 Å². The van der Waals surface area contributed by atoms with Crippen molar-refractivity contribution in [1.82, 2.24) is 19.7 Å². The van der Waals surface area contributed by atoms with Gasteiger partial charge in [-0.05, 0) is 29.8 Å². The first-order valence-electron chi connectivity index (χ1n) is 10.6. The lowest BCUT2D eigenvalue weighted by Gasteiger charge is -2.34. The van der Waals surface area contributed by atoms with Crippen LogP contribution >= 0.6 is 0 Å². The van der Waals surface area contributed by atoms with Gasteiger partial charge in [-0.25, -0.2) is 0 Å². The highest BCUT2D eigenvalue weighted by Gasteiger charge is 2.21. The number of carbonyl (C=O) groups excluding carboxylic acids is 1. The highest BCUT2D eigenvalue weighted by Crippen LogP contribution is 2.25. The normalized spacial score (nSPS) is 17.8. The summed E-state index contributed by atoms with van der Waals surface area (Å²) in [6.07, 6.45) is 1.86. The van der Waals surface area contributed by atoms with Crippen LogP contribution in [-0.2, 0) is 29.2 Å². The van der Waals surface area contributed by atoms with Crippen molar-refractivity contribution in [2.45, 2.75) is 19.6 Å². The van der Waals surface area contributed by atoms with Crippen molar-refractivity contribution in [3.63, 3.8) is 0 Å². The summed E-state index contributed by atoms with van der Waals surface area (Å²) in [5.41, 5.74) is 3.46. The van der Waals surface area contributed by atoms with Crippen LogP contribution in [0.15, 0.2) is 42.6 Å². The molecule has 0 bridgehead atoms. The smallest absolute Gasteiger partial charge is 0.248 e. The van der Waals surface area contributed by atoms with E-state index in [0.717, 1.165) is 56.3 Å². The van der Waals surface area contributed by atoms with E-state index in [4.69, 9.17) is 9.47 Å². The molecule has 0 N–H and O–H groups in total. The molecule has 160 valence electrons. The molecule has 1 aromatic carbocycles.